The number of fused-ring (bicyclic) bond motifs is 1. The maximum atomic E-state index is 13.3. The lowest BCUT2D eigenvalue weighted by Crippen LogP contribution is -2.25. The molecule has 3 aromatic rings. The number of esters is 1. The number of nitrogen functional groups attached to an aromatic ring is 1. The third-order valence-electron chi connectivity index (χ3n) is 4.43. The van der Waals surface area contributed by atoms with Crippen LogP contribution in [0.4, 0.5) is 5.69 Å². The van der Waals surface area contributed by atoms with Crippen molar-refractivity contribution in [2.45, 2.75) is 27.7 Å². The van der Waals surface area contributed by atoms with Crippen molar-refractivity contribution in [2.75, 3.05) is 12.3 Å². The van der Waals surface area contributed by atoms with Crippen LogP contribution >= 0.6 is 0 Å². The minimum absolute atomic E-state index is 0.256. The molecule has 0 saturated carbocycles. The molecular formula is C20H21N3O3. The summed E-state index contributed by atoms with van der Waals surface area (Å²) in [6.45, 7) is 7.35. The van der Waals surface area contributed by atoms with E-state index < -0.39 is 5.97 Å². The zero-order valence-electron chi connectivity index (χ0n) is 15.3. The first-order valence-electron chi connectivity index (χ1n) is 8.42. The second-order valence-electron chi connectivity index (χ2n) is 6.17. The molecule has 0 aliphatic rings. The molecule has 6 heteroatoms. The van der Waals surface area contributed by atoms with Crippen LogP contribution in [-0.2, 0) is 4.74 Å². The molecule has 6 nitrogen and oxygen atoms in total. The Morgan fingerprint density at radius 3 is 2.58 bits per heavy atom. The number of aryl methyl sites for hydroxylation is 3. The number of nitrogens with zero attached hydrogens (tertiary/aromatic N) is 2. The van der Waals surface area contributed by atoms with Crippen LogP contribution in [0.1, 0.15) is 34.2 Å². The van der Waals surface area contributed by atoms with E-state index in [-0.39, 0.29) is 12.2 Å². The van der Waals surface area contributed by atoms with Gasteiger partial charge in [0.25, 0.3) is 5.56 Å². The van der Waals surface area contributed by atoms with E-state index in [1.807, 2.05) is 13.0 Å². The number of rotatable bonds is 3. The molecule has 26 heavy (non-hydrogen) atoms. The third kappa shape index (κ3) is 2.73. The Morgan fingerprint density at radius 1 is 1.23 bits per heavy atom. The van der Waals surface area contributed by atoms with Gasteiger partial charge in [0.2, 0.25) is 0 Å². The summed E-state index contributed by atoms with van der Waals surface area (Å²) in [6, 6.07) is 8.88. The fourth-order valence-corrected chi connectivity index (χ4v) is 3.30. The van der Waals surface area contributed by atoms with Crippen LogP contribution in [0, 0.1) is 20.8 Å². The number of nitrogens with two attached hydrogens (primary N) is 1. The molecular weight excluding hydrogens is 330 g/mol. The minimum atomic E-state index is -0.435. The largest absolute Gasteiger partial charge is 0.462 e. The van der Waals surface area contributed by atoms with Crippen molar-refractivity contribution in [1.82, 2.24) is 9.55 Å². The number of aromatic nitrogens is 2. The van der Waals surface area contributed by atoms with Gasteiger partial charge in [-0.3, -0.25) is 9.36 Å². The summed E-state index contributed by atoms with van der Waals surface area (Å²) in [5, 5.41) is 0.396. The summed E-state index contributed by atoms with van der Waals surface area (Å²) < 4.78 is 6.63. The lowest BCUT2D eigenvalue weighted by molar-refractivity contribution is 0.0525. The van der Waals surface area contributed by atoms with Crippen LogP contribution in [0.15, 0.2) is 35.1 Å². The number of carbonyl (C=O) groups is 1. The molecule has 0 aliphatic heterocycles. The van der Waals surface area contributed by atoms with Crippen LogP contribution < -0.4 is 11.3 Å². The minimum Gasteiger partial charge on any atom is -0.462 e. The molecule has 134 valence electrons. The number of hydrogen-bond acceptors (Lipinski definition) is 5. The van der Waals surface area contributed by atoms with E-state index in [4.69, 9.17) is 10.5 Å². The molecule has 1 heterocycles. The fraction of sp³-hybridized carbons (Fsp3) is 0.250. The van der Waals surface area contributed by atoms with E-state index >= 15 is 0 Å². The number of carbonyl (C=O) groups excluding carboxylic acids is 1. The smallest absolute Gasteiger partial charge is 0.338 e. The SMILES string of the molecule is CCOC(=O)c1c(C)cc2nc(C)n(-c3ccccc3N)c(=O)c2c1C. The number of hydrogen-bond donors (Lipinski definition) is 1. The van der Waals surface area contributed by atoms with Gasteiger partial charge in [-0.2, -0.15) is 0 Å². The monoisotopic (exact) mass is 351 g/mol. The Hall–Kier alpha value is -3.15. The summed E-state index contributed by atoms with van der Waals surface area (Å²) in [7, 11) is 0. The summed E-state index contributed by atoms with van der Waals surface area (Å²) in [5.41, 5.74) is 9.12. The van der Waals surface area contributed by atoms with Gasteiger partial charge < -0.3 is 10.5 Å². The molecule has 0 unspecified atom stereocenters. The van der Waals surface area contributed by atoms with Crippen molar-refractivity contribution in [3.8, 4) is 5.69 Å². The molecule has 0 bridgehead atoms. The highest BCUT2D eigenvalue weighted by atomic mass is 16.5. The maximum absolute atomic E-state index is 13.3. The molecule has 1 aromatic heterocycles. The van der Waals surface area contributed by atoms with Crippen LogP contribution in [0.5, 0.6) is 0 Å². The first-order valence-corrected chi connectivity index (χ1v) is 8.42. The van der Waals surface area contributed by atoms with Crippen LogP contribution in [0.3, 0.4) is 0 Å². The maximum Gasteiger partial charge on any atom is 0.338 e. The predicted octanol–water partition coefficient (Wildman–Crippen LogP) is 3.07. The molecule has 0 saturated heterocycles. The summed E-state index contributed by atoms with van der Waals surface area (Å²) >= 11 is 0. The first kappa shape index (κ1) is 17.7. The van der Waals surface area contributed by atoms with Crippen LogP contribution in [-0.4, -0.2) is 22.1 Å². The fourth-order valence-electron chi connectivity index (χ4n) is 3.30. The Balaban J connectivity index is 2.40. The van der Waals surface area contributed by atoms with Crippen molar-refractivity contribution in [2.24, 2.45) is 0 Å². The Bertz CT molecular complexity index is 1080. The highest BCUT2D eigenvalue weighted by Gasteiger charge is 2.21. The lowest BCUT2D eigenvalue weighted by Gasteiger charge is -2.16. The number of para-hydroxylation sites is 2. The molecule has 0 radical (unpaired) electrons. The predicted molar refractivity (Wildman–Crippen MR) is 102 cm³/mol. The van der Waals surface area contributed by atoms with Crippen molar-refractivity contribution in [3.63, 3.8) is 0 Å². The van der Waals surface area contributed by atoms with Crippen LogP contribution in [0.25, 0.3) is 16.6 Å². The molecule has 0 atom stereocenters. The Labute approximate surface area is 151 Å². The highest BCUT2D eigenvalue weighted by molar-refractivity contribution is 5.99. The lowest BCUT2D eigenvalue weighted by atomic mass is 9.98. The quantitative estimate of drug-likeness (QED) is 0.579. The Morgan fingerprint density at radius 2 is 1.92 bits per heavy atom. The van der Waals surface area contributed by atoms with Crippen LogP contribution in [0.2, 0.25) is 0 Å². The normalized spacial score (nSPS) is 10.9. The standard InChI is InChI=1S/C20H21N3O3/c1-5-26-20(25)17-11(2)10-15-18(12(17)3)19(24)23(13(4)22-15)16-9-7-6-8-14(16)21/h6-10H,5,21H2,1-4H3. The van der Waals surface area contributed by atoms with Gasteiger partial charge in [0.15, 0.2) is 0 Å². The highest BCUT2D eigenvalue weighted by Crippen LogP contribution is 2.24. The van der Waals surface area contributed by atoms with E-state index in [0.717, 1.165) is 5.56 Å². The molecule has 2 N–H and O–H groups in total. The number of ether oxygens (including phenoxy) is 1. The van der Waals surface area contributed by atoms with Crippen molar-refractivity contribution >= 4 is 22.6 Å². The average Bonchev–Trinajstić information content (AvgIpc) is 2.56. The third-order valence-corrected chi connectivity index (χ3v) is 4.43. The van der Waals surface area contributed by atoms with Gasteiger partial charge in [0.05, 0.1) is 34.4 Å². The average molecular weight is 351 g/mol. The molecule has 2 aromatic carbocycles. The van der Waals surface area contributed by atoms with Gasteiger partial charge in [0.1, 0.15) is 5.82 Å². The van der Waals surface area contributed by atoms with E-state index in [9.17, 15) is 9.59 Å². The zero-order valence-corrected chi connectivity index (χ0v) is 15.3. The summed E-state index contributed by atoms with van der Waals surface area (Å²) in [4.78, 5) is 30.2. The van der Waals surface area contributed by atoms with Crippen molar-refractivity contribution < 1.29 is 9.53 Å². The molecule has 0 spiro atoms. The second kappa shape index (κ2) is 6.63. The molecule has 0 fully saturated rings. The number of benzene rings is 2. The van der Waals surface area contributed by atoms with Gasteiger partial charge >= 0.3 is 5.97 Å². The molecule has 3 rings (SSSR count). The topological polar surface area (TPSA) is 87.2 Å². The van der Waals surface area contributed by atoms with E-state index in [1.165, 1.54) is 4.57 Å². The van der Waals surface area contributed by atoms with Crippen molar-refractivity contribution in [3.05, 3.63) is 63.2 Å². The van der Waals surface area contributed by atoms with Gasteiger partial charge in [0, 0.05) is 0 Å². The van der Waals surface area contributed by atoms with E-state index in [0.29, 0.717) is 39.2 Å². The molecule has 0 aliphatic carbocycles. The van der Waals surface area contributed by atoms with Gasteiger partial charge in [-0.1, -0.05) is 12.1 Å². The summed E-state index contributed by atoms with van der Waals surface area (Å²) in [6.07, 6.45) is 0. The van der Waals surface area contributed by atoms with Gasteiger partial charge in [-0.25, -0.2) is 9.78 Å². The van der Waals surface area contributed by atoms with Crippen molar-refractivity contribution in [1.29, 1.82) is 0 Å². The summed E-state index contributed by atoms with van der Waals surface area (Å²) in [5.74, 6) is 0.0956. The second-order valence-corrected chi connectivity index (χ2v) is 6.17. The van der Waals surface area contributed by atoms with Gasteiger partial charge in [-0.15, -0.1) is 0 Å². The molecule has 0 amide bonds. The van der Waals surface area contributed by atoms with Gasteiger partial charge in [-0.05, 0) is 57.0 Å². The van der Waals surface area contributed by atoms with E-state index in [1.54, 1.807) is 45.0 Å². The first-order chi connectivity index (χ1) is 12.4. The number of anilines is 1. The van der Waals surface area contributed by atoms with E-state index in [2.05, 4.69) is 4.98 Å². The Kier molecular flexibility index (Phi) is 4.50. The zero-order chi connectivity index (χ0) is 19.0.